The van der Waals surface area contributed by atoms with Gasteiger partial charge in [0.15, 0.2) is 11.5 Å². The molecule has 0 spiro atoms. The minimum atomic E-state index is -0.558. The number of para-hydroxylation sites is 2. The average molecular weight is 475 g/mol. The number of amides is 1. The van der Waals surface area contributed by atoms with E-state index in [1.54, 1.807) is 62.8 Å². The van der Waals surface area contributed by atoms with E-state index in [4.69, 9.17) is 14.2 Å². The van der Waals surface area contributed by atoms with Gasteiger partial charge in [0.1, 0.15) is 11.6 Å². The molecule has 1 N–H and O–H groups in total. The van der Waals surface area contributed by atoms with Gasteiger partial charge in [-0.3, -0.25) is 4.79 Å². The summed E-state index contributed by atoms with van der Waals surface area (Å²) in [7, 11) is 3.15. The monoisotopic (exact) mass is 474 g/mol. The maximum absolute atomic E-state index is 12.8. The number of hydrogen-bond donors (Lipinski definition) is 1. The molecule has 0 aliphatic heterocycles. The third-order valence-corrected chi connectivity index (χ3v) is 5.89. The summed E-state index contributed by atoms with van der Waals surface area (Å²) in [5.74, 6) is 0.331. The van der Waals surface area contributed by atoms with Crippen molar-refractivity contribution in [2.75, 3.05) is 19.5 Å². The summed E-state index contributed by atoms with van der Waals surface area (Å²) in [5.41, 5.74) is 2.52. The van der Waals surface area contributed by atoms with Gasteiger partial charge in [0, 0.05) is 10.9 Å². The number of thiazole rings is 1. The molecule has 1 aromatic heterocycles. The number of ether oxygens (including phenoxy) is 3. The van der Waals surface area contributed by atoms with Crippen molar-refractivity contribution in [3.63, 3.8) is 0 Å². The third-order valence-electron chi connectivity index (χ3n) is 4.97. The van der Waals surface area contributed by atoms with E-state index in [1.807, 2.05) is 29.6 Å². The first-order chi connectivity index (χ1) is 16.6. The van der Waals surface area contributed by atoms with Crippen molar-refractivity contribution < 1.29 is 23.8 Å². The van der Waals surface area contributed by atoms with Crippen molar-refractivity contribution in [1.29, 1.82) is 0 Å². The highest BCUT2D eigenvalue weighted by Gasteiger charge is 2.18. The first-order valence-corrected chi connectivity index (χ1v) is 11.3. The molecule has 34 heavy (non-hydrogen) atoms. The predicted molar refractivity (Wildman–Crippen MR) is 131 cm³/mol. The number of rotatable bonds is 8. The van der Waals surface area contributed by atoms with Gasteiger partial charge in [-0.2, -0.15) is 0 Å². The Hall–Kier alpha value is -4.17. The maximum Gasteiger partial charge on any atom is 0.340 e. The molecule has 0 aliphatic rings. The molecule has 172 valence electrons. The van der Waals surface area contributed by atoms with E-state index in [1.165, 1.54) is 11.3 Å². The van der Waals surface area contributed by atoms with E-state index >= 15 is 0 Å². The van der Waals surface area contributed by atoms with Crippen LogP contribution in [0.25, 0.3) is 10.6 Å². The molecule has 0 atom stereocenters. The number of methoxy groups -OCH3 is 2. The Labute approximate surface area is 201 Å². The summed E-state index contributed by atoms with van der Waals surface area (Å²) in [6, 6.07) is 21.1. The second kappa shape index (κ2) is 10.6. The van der Waals surface area contributed by atoms with Crippen LogP contribution in [0.15, 0.2) is 78.2 Å². The van der Waals surface area contributed by atoms with Gasteiger partial charge in [-0.1, -0.05) is 36.4 Å². The van der Waals surface area contributed by atoms with Gasteiger partial charge < -0.3 is 19.5 Å². The quantitative estimate of drug-likeness (QED) is 0.342. The number of hydrogen-bond acceptors (Lipinski definition) is 7. The fourth-order valence-corrected chi connectivity index (χ4v) is 4.15. The number of carbonyl (C=O) groups excluding carboxylic acids is 2. The van der Waals surface area contributed by atoms with Gasteiger partial charge >= 0.3 is 5.97 Å². The van der Waals surface area contributed by atoms with Gasteiger partial charge in [0.25, 0.3) is 5.91 Å². The van der Waals surface area contributed by atoms with Crippen molar-refractivity contribution in [3.8, 4) is 22.1 Å². The lowest BCUT2D eigenvalue weighted by molar-refractivity contribution is 0.0469. The lowest BCUT2D eigenvalue weighted by Gasteiger charge is -2.11. The second-order valence-corrected chi connectivity index (χ2v) is 7.99. The van der Waals surface area contributed by atoms with Crippen LogP contribution in [0.3, 0.4) is 0 Å². The Morgan fingerprint density at radius 3 is 2.44 bits per heavy atom. The lowest BCUT2D eigenvalue weighted by Crippen LogP contribution is -2.15. The Kier molecular flexibility index (Phi) is 7.19. The van der Waals surface area contributed by atoms with Crippen molar-refractivity contribution in [2.24, 2.45) is 0 Å². The summed E-state index contributed by atoms with van der Waals surface area (Å²) >= 11 is 1.41. The van der Waals surface area contributed by atoms with E-state index in [9.17, 15) is 9.59 Å². The van der Waals surface area contributed by atoms with Crippen LogP contribution in [-0.2, 0) is 11.3 Å². The molecule has 0 saturated carbocycles. The Balaban J connectivity index is 1.46. The van der Waals surface area contributed by atoms with Crippen molar-refractivity contribution in [3.05, 3.63) is 95.0 Å². The number of carbonyl (C=O) groups is 2. The maximum atomic E-state index is 12.8. The molecule has 1 heterocycles. The minimum absolute atomic E-state index is 0.0113. The number of nitrogens with one attached hydrogen (secondary N) is 1. The van der Waals surface area contributed by atoms with Crippen LogP contribution < -0.4 is 14.8 Å². The smallest absolute Gasteiger partial charge is 0.340 e. The third kappa shape index (κ3) is 5.07. The topological polar surface area (TPSA) is 86.8 Å². The Bertz CT molecular complexity index is 1300. The predicted octanol–water partition coefficient (Wildman–Crippen LogP) is 5.44. The van der Waals surface area contributed by atoms with Gasteiger partial charge in [0.2, 0.25) is 0 Å². The largest absolute Gasteiger partial charge is 0.493 e. The van der Waals surface area contributed by atoms with E-state index in [0.29, 0.717) is 28.4 Å². The van der Waals surface area contributed by atoms with Crippen molar-refractivity contribution in [2.45, 2.75) is 6.61 Å². The first kappa shape index (κ1) is 23.0. The van der Waals surface area contributed by atoms with Crippen LogP contribution >= 0.6 is 11.3 Å². The summed E-state index contributed by atoms with van der Waals surface area (Å²) < 4.78 is 16.3. The molecule has 0 radical (unpaired) electrons. The van der Waals surface area contributed by atoms with Crippen LogP contribution in [0, 0.1) is 0 Å². The number of nitrogens with zero attached hydrogens (tertiary/aromatic N) is 1. The normalized spacial score (nSPS) is 10.4. The summed E-state index contributed by atoms with van der Waals surface area (Å²) in [5, 5.41) is 5.32. The van der Waals surface area contributed by atoms with Gasteiger partial charge in [-0.15, -0.1) is 11.3 Å². The average Bonchev–Trinajstić information content (AvgIpc) is 3.36. The fourth-order valence-electron chi connectivity index (χ4n) is 3.32. The van der Waals surface area contributed by atoms with Gasteiger partial charge in [-0.05, 0) is 36.4 Å². The SMILES string of the molecule is COc1cccc(-c2nc(COC(=O)c3ccccc3NC(=O)c3ccccc3)cs2)c1OC. The van der Waals surface area contributed by atoms with Gasteiger partial charge in [0.05, 0.1) is 36.7 Å². The first-order valence-electron chi connectivity index (χ1n) is 10.4. The molecule has 0 unspecified atom stereocenters. The summed E-state index contributed by atoms with van der Waals surface area (Å²) in [6.45, 7) is -0.0113. The molecule has 0 bridgehead atoms. The van der Waals surface area contributed by atoms with Crippen molar-refractivity contribution in [1.82, 2.24) is 4.98 Å². The number of aromatic nitrogens is 1. The highest BCUT2D eigenvalue weighted by molar-refractivity contribution is 7.13. The van der Waals surface area contributed by atoms with Crippen LogP contribution in [0.1, 0.15) is 26.4 Å². The van der Waals surface area contributed by atoms with Crippen LogP contribution in [0.5, 0.6) is 11.5 Å². The molecule has 0 fully saturated rings. The highest BCUT2D eigenvalue weighted by atomic mass is 32.1. The summed E-state index contributed by atoms with van der Waals surface area (Å²) in [6.07, 6.45) is 0. The number of anilines is 1. The molecule has 8 heteroatoms. The number of benzene rings is 3. The van der Waals surface area contributed by atoms with Crippen LogP contribution in [0.2, 0.25) is 0 Å². The fraction of sp³-hybridized carbons (Fsp3) is 0.115. The second-order valence-electron chi connectivity index (χ2n) is 7.13. The lowest BCUT2D eigenvalue weighted by atomic mass is 10.1. The molecule has 0 aliphatic carbocycles. The number of esters is 1. The zero-order valence-electron chi connectivity index (χ0n) is 18.6. The standard InChI is InChI=1S/C26H22N2O5S/c1-31-22-14-8-12-20(23(22)32-2)25-27-18(16-34-25)15-33-26(30)19-11-6-7-13-21(19)28-24(29)17-9-4-3-5-10-17/h3-14,16H,15H2,1-2H3,(H,28,29). The van der Waals surface area contributed by atoms with E-state index in [0.717, 1.165) is 10.6 Å². The highest BCUT2D eigenvalue weighted by Crippen LogP contribution is 2.39. The van der Waals surface area contributed by atoms with Crippen molar-refractivity contribution >= 4 is 28.9 Å². The van der Waals surface area contributed by atoms with E-state index in [-0.39, 0.29) is 18.1 Å². The Morgan fingerprint density at radius 1 is 0.912 bits per heavy atom. The van der Waals surface area contributed by atoms with E-state index < -0.39 is 5.97 Å². The molecule has 3 aromatic carbocycles. The van der Waals surface area contributed by atoms with E-state index in [2.05, 4.69) is 10.3 Å². The zero-order chi connectivity index (χ0) is 23.9. The molecular formula is C26H22N2O5S. The molecule has 1 amide bonds. The molecule has 0 saturated heterocycles. The molecule has 7 nitrogen and oxygen atoms in total. The molecule has 4 rings (SSSR count). The van der Waals surface area contributed by atoms with Crippen LogP contribution in [0.4, 0.5) is 5.69 Å². The molecule has 4 aromatic rings. The van der Waals surface area contributed by atoms with Gasteiger partial charge in [-0.25, -0.2) is 9.78 Å². The zero-order valence-corrected chi connectivity index (χ0v) is 19.4. The molecular weight excluding hydrogens is 452 g/mol. The Morgan fingerprint density at radius 2 is 1.68 bits per heavy atom. The van der Waals surface area contributed by atoms with Crippen LogP contribution in [-0.4, -0.2) is 31.1 Å². The summed E-state index contributed by atoms with van der Waals surface area (Å²) in [4.78, 5) is 29.9. The minimum Gasteiger partial charge on any atom is -0.493 e.